The van der Waals surface area contributed by atoms with Crippen LogP contribution in [0.3, 0.4) is 0 Å². The van der Waals surface area contributed by atoms with E-state index in [1.54, 1.807) is 29.8 Å². The molecule has 2 aromatic rings. The number of benzene rings is 2. The largest absolute Gasteiger partial charge is 0.478 e. The second kappa shape index (κ2) is 32.9. The Morgan fingerprint density at radius 1 is 0.415 bits per heavy atom. The highest BCUT2D eigenvalue weighted by molar-refractivity contribution is 5.87. The molecule has 0 aliphatic rings. The first-order chi connectivity index (χ1) is 26.1. The van der Waals surface area contributed by atoms with Gasteiger partial charge in [0.25, 0.3) is 0 Å². The van der Waals surface area contributed by atoms with Crippen LogP contribution in [0.1, 0.15) is 240 Å². The summed E-state index contributed by atoms with van der Waals surface area (Å²) in [4.78, 5) is 11.3. The molecule has 0 fully saturated rings. The van der Waals surface area contributed by atoms with E-state index >= 15 is 0 Å². The molecule has 0 atom stereocenters. The number of aromatic carboxylic acids is 1. The number of nitrogens with zero attached hydrogens (tertiary/aromatic N) is 2. The van der Waals surface area contributed by atoms with E-state index in [0.29, 0.717) is 5.69 Å². The van der Waals surface area contributed by atoms with E-state index in [0.717, 1.165) is 18.5 Å². The molecule has 0 amide bonds. The quantitative estimate of drug-likeness (QED) is 0.0560. The van der Waals surface area contributed by atoms with Gasteiger partial charge in [0.15, 0.2) is 0 Å². The zero-order valence-electron chi connectivity index (χ0n) is 35.0. The van der Waals surface area contributed by atoms with E-state index < -0.39 is 5.97 Å². The minimum atomic E-state index is -0.917. The number of hydrogen-bond acceptors (Lipinski definition) is 3. The van der Waals surface area contributed by atoms with Crippen molar-refractivity contribution in [1.82, 2.24) is 0 Å². The molecule has 1 N–H and O–H groups in total. The number of carbonyl (C=O) groups is 1. The maximum atomic E-state index is 11.3. The van der Waals surface area contributed by atoms with Gasteiger partial charge in [0.2, 0.25) is 0 Å². The lowest BCUT2D eigenvalue weighted by atomic mass is 9.89. The van der Waals surface area contributed by atoms with Gasteiger partial charge < -0.3 is 5.11 Å². The number of carboxylic acids is 1. The molecule has 0 saturated carbocycles. The fourth-order valence-corrected chi connectivity index (χ4v) is 7.79. The molecule has 0 aliphatic carbocycles. The lowest BCUT2D eigenvalue weighted by Gasteiger charge is -2.17. The minimum Gasteiger partial charge on any atom is -0.478 e. The average molecular weight is 731 g/mol. The highest BCUT2D eigenvalue weighted by Crippen LogP contribution is 2.30. The third-order valence-electron chi connectivity index (χ3n) is 11.2. The molecule has 2 rings (SSSR count). The molecule has 53 heavy (non-hydrogen) atoms. The van der Waals surface area contributed by atoms with Crippen LogP contribution < -0.4 is 0 Å². The summed E-state index contributed by atoms with van der Waals surface area (Å²) in [6.07, 6.45) is 44.3. The lowest BCUT2D eigenvalue weighted by Crippen LogP contribution is -2.02. The van der Waals surface area contributed by atoms with Crippen LogP contribution in [-0.2, 0) is 19.3 Å². The Kier molecular flexibility index (Phi) is 29.0. The van der Waals surface area contributed by atoms with Crippen LogP contribution >= 0.6 is 0 Å². The van der Waals surface area contributed by atoms with Gasteiger partial charge in [0, 0.05) is 0 Å². The number of carboxylic acid groups (broad SMARTS) is 1. The van der Waals surface area contributed by atoms with Gasteiger partial charge in [-0.2, -0.15) is 10.2 Å². The maximum absolute atomic E-state index is 11.3. The Balaban J connectivity index is 2.10. The van der Waals surface area contributed by atoms with Crippen molar-refractivity contribution in [2.75, 3.05) is 0 Å². The Hall–Kier alpha value is -2.49. The van der Waals surface area contributed by atoms with Crippen molar-refractivity contribution >= 4 is 17.3 Å². The Morgan fingerprint density at radius 2 is 0.717 bits per heavy atom. The van der Waals surface area contributed by atoms with Crippen molar-refractivity contribution in [3.05, 3.63) is 58.7 Å². The molecule has 4 heteroatoms. The lowest BCUT2D eigenvalue weighted by molar-refractivity contribution is 0.0697. The van der Waals surface area contributed by atoms with Crippen molar-refractivity contribution in [3.63, 3.8) is 0 Å². The molecular weight excluding hydrogens is 649 g/mol. The van der Waals surface area contributed by atoms with E-state index in [-0.39, 0.29) is 5.56 Å². The summed E-state index contributed by atoms with van der Waals surface area (Å²) in [5.41, 5.74) is 6.53. The zero-order chi connectivity index (χ0) is 38.0. The summed E-state index contributed by atoms with van der Waals surface area (Å²) < 4.78 is 0. The number of unbranched alkanes of at least 4 members (excludes halogenated alkanes) is 27. The van der Waals surface area contributed by atoms with Gasteiger partial charge in [0.1, 0.15) is 0 Å². The molecule has 0 aliphatic heterocycles. The van der Waals surface area contributed by atoms with Gasteiger partial charge in [-0.1, -0.05) is 194 Å². The van der Waals surface area contributed by atoms with Crippen LogP contribution in [0.15, 0.2) is 46.6 Å². The van der Waals surface area contributed by atoms with E-state index in [4.69, 9.17) is 5.11 Å². The second-order valence-corrected chi connectivity index (χ2v) is 16.1. The second-order valence-electron chi connectivity index (χ2n) is 16.1. The smallest absolute Gasteiger partial charge is 0.335 e. The van der Waals surface area contributed by atoms with Crippen LogP contribution in [0.4, 0.5) is 11.4 Å². The van der Waals surface area contributed by atoms with Crippen molar-refractivity contribution in [1.29, 1.82) is 0 Å². The number of hydrogen-bond donors (Lipinski definition) is 1. The van der Waals surface area contributed by atoms with Gasteiger partial charge in [-0.15, -0.1) is 0 Å². The summed E-state index contributed by atoms with van der Waals surface area (Å²) in [5.74, 6) is -0.917. The maximum Gasteiger partial charge on any atom is 0.335 e. The van der Waals surface area contributed by atoms with Crippen LogP contribution in [-0.4, -0.2) is 11.1 Å². The number of aryl methyl sites for hydroxylation is 2. The SMILES string of the molecule is CCCCCCCCCCCCc1cc(N=Nc2ccc(C(=O)O)cc2)cc(CCCCCCCCCCCC)c1CCCCCCCCCCCC. The van der Waals surface area contributed by atoms with Gasteiger partial charge in [-0.3, -0.25) is 0 Å². The number of rotatable bonds is 36. The topological polar surface area (TPSA) is 62.0 Å². The molecule has 0 saturated heterocycles. The van der Waals surface area contributed by atoms with E-state index in [1.165, 1.54) is 210 Å². The molecule has 4 nitrogen and oxygen atoms in total. The predicted molar refractivity (Wildman–Crippen MR) is 231 cm³/mol. The fourth-order valence-electron chi connectivity index (χ4n) is 7.79. The molecule has 0 radical (unpaired) electrons. The molecule has 0 aromatic heterocycles. The predicted octanol–water partition coefficient (Wildman–Crippen LogP) is 17.2. The molecule has 2 aromatic carbocycles. The highest BCUT2D eigenvalue weighted by Gasteiger charge is 2.12. The third-order valence-corrected chi connectivity index (χ3v) is 11.2. The first kappa shape index (κ1) is 46.7. The molecule has 0 spiro atoms. The van der Waals surface area contributed by atoms with Gasteiger partial charge >= 0.3 is 5.97 Å². The summed E-state index contributed by atoms with van der Waals surface area (Å²) in [6, 6.07) is 11.4. The monoisotopic (exact) mass is 731 g/mol. The average Bonchev–Trinajstić information content (AvgIpc) is 3.17. The molecule has 0 bridgehead atoms. The van der Waals surface area contributed by atoms with Crippen molar-refractivity contribution < 1.29 is 9.90 Å². The van der Waals surface area contributed by atoms with E-state index in [2.05, 4.69) is 38.0 Å². The minimum absolute atomic E-state index is 0.276. The van der Waals surface area contributed by atoms with E-state index in [9.17, 15) is 9.90 Å². The van der Waals surface area contributed by atoms with Crippen LogP contribution in [0.5, 0.6) is 0 Å². The van der Waals surface area contributed by atoms with Gasteiger partial charge in [0.05, 0.1) is 16.9 Å². The Bertz CT molecular complexity index is 1140. The van der Waals surface area contributed by atoms with Gasteiger partial charge in [-0.25, -0.2) is 4.79 Å². The zero-order valence-corrected chi connectivity index (χ0v) is 35.0. The van der Waals surface area contributed by atoms with E-state index in [1.807, 2.05) is 0 Å². The molecular formula is C49H82N2O2. The molecule has 0 unspecified atom stereocenters. The number of azo groups is 1. The Morgan fingerprint density at radius 3 is 1.06 bits per heavy atom. The third kappa shape index (κ3) is 23.8. The fraction of sp³-hybridized carbons (Fsp3) is 0.735. The summed E-state index contributed by atoms with van der Waals surface area (Å²) >= 11 is 0. The van der Waals surface area contributed by atoms with Crippen molar-refractivity contribution in [2.24, 2.45) is 10.2 Å². The van der Waals surface area contributed by atoms with Crippen molar-refractivity contribution in [3.8, 4) is 0 Å². The molecule has 300 valence electrons. The normalized spacial score (nSPS) is 11.6. The summed E-state index contributed by atoms with van der Waals surface area (Å²) in [5, 5.41) is 18.6. The first-order valence-corrected chi connectivity index (χ1v) is 23.0. The van der Waals surface area contributed by atoms with Crippen molar-refractivity contribution in [2.45, 2.75) is 233 Å². The van der Waals surface area contributed by atoms with Crippen LogP contribution in [0, 0.1) is 0 Å². The first-order valence-electron chi connectivity index (χ1n) is 23.0. The standard InChI is InChI=1S/C49H82N2O2/c1-4-7-10-13-16-19-22-25-28-31-34-44-41-47(51-50-46-39-37-43(38-40-46)49(52)53)42-45(35-32-29-26-23-20-17-14-11-8-5-2)48(44)36-33-30-27-24-21-18-15-12-9-6-3/h37-42H,4-36H2,1-3H3,(H,52,53). The van der Waals surface area contributed by atoms with Gasteiger partial charge in [-0.05, 0) is 91.6 Å². The summed E-state index contributed by atoms with van der Waals surface area (Å²) in [6.45, 7) is 6.89. The summed E-state index contributed by atoms with van der Waals surface area (Å²) in [7, 11) is 0. The molecule has 0 heterocycles. The van der Waals surface area contributed by atoms with Crippen LogP contribution in [0.2, 0.25) is 0 Å². The highest BCUT2D eigenvalue weighted by atomic mass is 16.4. The Labute approximate surface area is 327 Å². The van der Waals surface area contributed by atoms with Crippen LogP contribution in [0.25, 0.3) is 0 Å².